The van der Waals surface area contributed by atoms with Gasteiger partial charge in [-0.3, -0.25) is 9.20 Å². The minimum Gasteiger partial charge on any atom is -0.334 e. The van der Waals surface area contributed by atoms with Crippen LogP contribution < -0.4 is 10.6 Å². The van der Waals surface area contributed by atoms with Gasteiger partial charge in [-0.25, -0.2) is 9.78 Å². The van der Waals surface area contributed by atoms with Crippen LogP contribution in [-0.4, -0.2) is 21.2 Å². The zero-order chi connectivity index (χ0) is 27.4. The third kappa shape index (κ3) is 6.26. The highest BCUT2D eigenvalue weighted by Crippen LogP contribution is 2.30. The molecular formula is C30H25F3N4O2. The first-order valence-electron chi connectivity index (χ1n) is 12.5. The van der Waals surface area contributed by atoms with E-state index in [1.54, 1.807) is 12.3 Å². The number of nitrogens with one attached hydrogen (secondary N) is 2. The van der Waals surface area contributed by atoms with Crippen LogP contribution in [0.5, 0.6) is 0 Å². The first-order valence-corrected chi connectivity index (χ1v) is 12.5. The van der Waals surface area contributed by atoms with Gasteiger partial charge >= 0.3 is 12.2 Å². The summed E-state index contributed by atoms with van der Waals surface area (Å²) >= 11 is 0. The molecule has 6 nitrogen and oxygen atoms in total. The standard InChI is InChI=1S/C30H25F3N4O2/c31-30(32,33)24-5-3-6-25(17-24)36-29(39)35-18-20-8-10-22(11-9-20)27-19-34-28-16-23(14-15-37(27)28)21-4-1-2-7-26(38)13-12-21/h3-6,8-17,19H,1-2,7,18H2,(H2,35,36,39)/b13-12-,21-4+. The lowest BCUT2D eigenvalue weighted by molar-refractivity contribution is -0.137. The van der Waals surface area contributed by atoms with Gasteiger partial charge in [0, 0.05) is 30.4 Å². The first kappa shape index (κ1) is 26.0. The van der Waals surface area contributed by atoms with Crippen molar-refractivity contribution in [1.29, 1.82) is 0 Å². The average molecular weight is 531 g/mol. The number of ketones is 1. The molecule has 0 saturated carbocycles. The van der Waals surface area contributed by atoms with Crippen molar-refractivity contribution >= 4 is 28.7 Å². The zero-order valence-corrected chi connectivity index (χ0v) is 20.8. The molecule has 5 rings (SSSR count). The van der Waals surface area contributed by atoms with Crippen LogP contribution in [0.25, 0.3) is 22.5 Å². The molecule has 0 saturated heterocycles. The summed E-state index contributed by atoms with van der Waals surface area (Å²) in [6.07, 6.45) is 7.18. The van der Waals surface area contributed by atoms with Crippen LogP contribution in [0, 0.1) is 0 Å². The molecule has 39 heavy (non-hydrogen) atoms. The van der Waals surface area contributed by atoms with Gasteiger partial charge in [0.2, 0.25) is 0 Å². The number of hydrogen-bond donors (Lipinski definition) is 2. The summed E-state index contributed by atoms with van der Waals surface area (Å²) < 4.78 is 40.6. The van der Waals surface area contributed by atoms with E-state index >= 15 is 0 Å². The Bertz CT molecular complexity index is 1580. The number of imidazole rings is 1. The second kappa shape index (κ2) is 11.0. The maximum atomic E-state index is 12.9. The van der Waals surface area contributed by atoms with Gasteiger partial charge in [-0.05, 0) is 65.9 Å². The van der Waals surface area contributed by atoms with Crippen molar-refractivity contribution in [3.05, 3.63) is 108 Å². The van der Waals surface area contributed by atoms with E-state index < -0.39 is 17.8 Å². The van der Waals surface area contributed by atoms with Crippen molar-refractivity contribution in [1.82, 2.24) is 14.7 Å². The molecule has 198 valence electrons. The van der Waals surface area contributed by atoms with Crippen molar-refractivity contribution < 1.29 is 22.8 Å². The number of pyridine rings is 1. The monoisotopic (exact) mass is 530 g/mol. The Balaban J connectivity index is 1.24. The molecule has 1 aliphatic rings. The fourth-order valence-electron chi connectivity index (χ4n) is 4.38. The number of carbonyl (C=O) groups is 2. The minimum atomic E-state index is -4.48. The van der Waals surface area contributed by atoms with Gasteiger partial charge in [-0.2, -0.15) is 13.2 Å². The Kier molecular flexibility index (Phi) is 7.31. The van der Waals surface area contributed by atoms with Crippen molar-refractivity contribution in [2.24, 2.45) is 0 Å². The third-order valence-electron chi connectivity index (χ3n) is 6.44. The first-order chi connectivity index (χ1) is 18.8. The third-order valence-corrected chi connectivity index (χ3v) is 6.44. The molecule has 0 bridgehead atoms. The number of alkyl halides is 3. The zero-order valence-electron chi connectivity index (χ0n) is 20.8. The van der Waals surface area contributed by atoms with Crippen LogP contribution in [0.4, 0.5) is 23.7 Å². The minimum absolute atomic E-state index is 0.0591. The van der Waals surface area contributed by atoms with E-state index in [2.05, 4.69) is 21.7 Å². The molecule has 0 radical (unpaired) electrons. The number of benzene rings is 2. The number of aromatic nitrogens is 2. The average Bonchev–Trinajstić information content (AvgIpc) is 3.33. The maximum absolute atomic E-state index is 12.9. The number of allylic oxidation sites excluding steroid dienone is 4. The van der Waals surface area contributed by atoms with Gasteiger partial charge in [0.1, 0.15) is 5.65 Å². The second-order valence-corrected chi connectivity index (χ2v) is 9.22. The normalized spacial score (nSPS) is 16.2. The lowest BCUT2D eigenvalue weighted by atomic mass is 10.0. The molecule has 2 aromatic carbocycles. The number of halogens is 3. The molecule has 0 unspecified atom stereocenters. The molecule has 2 amide bonds. The molecular weight excluding hydrogens is 505 g/mol. The number of anilines is 1. The van der Waals surface area contributed by atoms with Gasteiger partial charge in [0.05, 0.1) is 17.5 Å². The molecule has 0 atom stereocenters. The van der Waals surface area contributed by atoms with Crippen molar-refractivity contribution in [2.75, 3.05) is 5.32 Å². The Morgan fingerprint density at radius 3 is 2.62 bits per heavy atom. The number of nitrogens with zero attached hydrogens (tertiary/aromatic N) is 2. The predicted octanol–water partition coefficient (Wildman–Crippen LogP) is 7.03. The van der Waals surface area contributed by atoms with Crippen molar-refractivity contribution in [3.8, 4) is 11.3 Å². The molecule has 1 aliphatic carbocycles. The summed E-state index contributed by atoms with van der Waals surface area (Å²) in [6.45, 7) is 0.201. The van der Waals surface area contributed by atoms with Gasteiger partial charge in [-0.1, -0.05) is 42.5 Å². The highest BCUT2D eigenvalue weighted by molar-refractivity contribution is 5.93. The molecule has 2 N–H and O–H groups in total. The number of urea groups is 1. The molecule has 0 spiro atoms. The van der Waals surface area contributed by atoms with Crippen LogP contribution in [0.2, 0.25) is 0 Å². The number of amides is 2. The van der Waals surface area contributed by atoms with Crippen LogP contribution >= 0.6 is 0 Å². The molecule has 9 heteroatoms. The van der Waals surface area contributed by atoms with Crippen LogP contribution in [-0.2, 0) is 17.5 Å². The van der Waals surface area contributed by atoms with Gasteiger partial charge < -0.3 is 10.6 Å². The second-order valence-electron chi connectivity index (χ2n) is 9.22. The number of hydrogen-bond acceptors (Lipinski definition) is 3. The highest BCUT2D eigenvalue weighted by atomic mass is 19.4. The summed E-state index contributed by atoms with van der Waals surface area (Å²) in [5, 5.41) is 5.09. The van der Waals surface area contributed by atoms with Crippen molar-refractivity contribution in [3.63, 3.8) is 0 Å². The van der Waals surface area contributed by atoms with E-state index in [0.29, 0.717) is 6.42 Å². The summed E-state index contributed by atoms with van der Waals surface area (Å²) in [4.78, 5) is 28.6. The molecule has 0 aliphatic heterocycles. The number of carbonyl (C=O) groups excluding carboxylic acids is 2. The van der Waals surface area contributed by atoms with E-state index in [-0.39, 0.29) is 18.0 Å². The smallest absolute Gasteiger partial charge is 0.334 e. The van der Waals surface area contributed by atoms with E-state index in [1.807, 2.05) is 53.1 Å². The van der Waals surface area contributed by atoms with Crippen LogP contribution in [0.1, 0.15) is 36.0 Å². The highest BCUT2D eigenvalue weighted by Gasteiger charge is 2.30. The largest absolute Gasteiger partial charge is 0.416 e. The number of fused-ring (bicyclic) bond motifs is 1. The molecule has 2 aromatic heterocycles. The van der Waals surface area contributed by atoms with Crippen molar-refractivity contribution in [2.45, 2.75) is 32.0 Å². The predicted molar refractivity (Wildman–Crippen MR) is 144 cm³/mol. The van der Waals surface area contributed by atoms with E-state index in [9.17, 15) is 22.8 Å². The molecule has 0 fully saturated rings. The van der Waals surface area contributed by atoms with E-state index in [0.717, 1.165) is 58.6 Å². The number of rotatable bonds is 5. The summed E-state index contributed by atoms with van der Waals surface area (Å²) in [5.41, 5.74) is 4.67. The SMILES string of the molecule is O=C1/C=C\C(c2ccn3c(-c4ccc(CNC(=O)Nc5cccc(C(F)(F)F)c5)cc4)cnc3c2)=C/CCC1. The Morgan fingerprint density at radius 2 is 1.82 bits per heavy atom. The topological polar surface area (TPSA) is 75.5 Å². The summed E-state index contributed by atoms with van der Waals surface area (Å²) in [7, 11) is 0. The fraction of sp³-hybridized carbons (Fsp3) is 0.167. The van der Waals surface area contributed by atoms with Gasteiger partial charge in [-0.15, -0.1) is 0 Å². The van der Waals surface area contributed by atoms with Crippen LogP contribution in [0.15, 0.2) is 91.3 Å². The Hall–Kier alpha value is -4.66. The summed E-state index contributed by atoms with van der Waals surface area (Å²) in [5.74, 6) is 0.139. The molecule has 4 aromatic rings. The maximum Gasteiger partial charge on any atom is 0.416 e. The molecule has 2 heterocycles. The van der Waals surface area contributed by atoms with Crippen LogP contribution in [0.3, 0.4) is 0 Å². The lowest BCUT2D eigenvalue weighted by Gasteiger charge is -2.11. The fourth-order valence-corrected chi connectivity index (χ4v) is 4.38. The quantitative estimate of drug-likeness (QED) is 0.291. The van der Waals surface area contributed by atoms with E-state index in [1.165, 1.54) is 12.1 Å². The van der Waals surface area contributed by atoms with Gasteiger partial charge in [0.15, 0.2) is 5.78 Å². The summed E-state index contributed by atoms with van der Waals surface area (Å²) in [6, 6.07) is 15.5. The Labute approximate surface area is 222 Å². The lowest BCUT2D eigenvalue weighted by Crippen LogP contribution is -2.28. The van der Waals surface area contributed by atoms with Gasteiger partial charge in [0.25, 0.3) is 0 Å². The van der Waals surface area contributed by atoms with E-state index in [4.69, 9.17) is 0 Å². The Morgan fingerprint density at radius 1 is 1.00 bits per heavy atom.